The van der Waals surface area contributed by atoms with Gasteiger partial charge in [0.1, 0.15) is 0 Å². The molecule has 78 valence electrons. The van der Waals surface area contributed by atoms with Crippen molar-refractivity contribution in [3.8, 4) is 0 Å². The second-order valence-electron chi connectivity index (χ2n) is 5.09. The maximum atomic E-state index is 11.8. The standard InChI is InChI=1S/C11H18N2O/c14-11(12-10-3-1-2-4-10)13-6-8-5-9(8)7-13/h8-10H,1-7H2,(H,12,14). The topological polar surface area (TPSA) is 32.3 Å². The minimum Gasteiger partial charge on any atom is -0.335 e. The van der Waals surface area contributed by atoms with E-state index in [1.807, 2.05) is 4.90 Å². The number of carbonyl (C=O) groups excluding carboxylic acids is 1. The van der Waals surface area contributed by atoms with Crippen molar-refractivity contribution in [2.75, 3.05) is 13.1 Å². The second-order valence-corrected chi connectivity index (χ2v) is 5.09. The number of nitrogens with zero attached hydrogens (tertiary/aromatic N) is 1. The Hall–Kier alpha value is -0.730. The lowest BCUT2D eigenvalue weighted by Crippen LogP contribution is -2.43. The number of amides is 2. The molecule has 0 radical (unpaired) electrons. The van der Waals surface area contributed by atoms with Crippen LogP contribution in [0.3, 0.4) is 0 Å². The molecule has 0 bridgehead atoms. The Labute approximate surface area is 84.8 Å². The summed E-state index contributed by atoms with van der Waals surface area (Å²) in [5, 5.41) is 3.15. The first-order valence-corrected chi connectivity index (χ1v) is 5.88. The number of carbonyl (C=O) groups is 1. The second kappa shape index (κ2) is 3.14. The van der Waals surface area contributed by atoms with Crippen LogP contribution < -0.4 is 5.32 Å². The maximum Gasteiger partial charge on any atom is 0.317 e. The van der Waals surface area contributed by atoms with E-state index in [2.05, 4.69) is 5.32 Å². The van der Waals surface area contributed by atoms with E-state index in [4.69, 9.17) is 0 Å². The zero-order valence-electron chi connectivity index (χ0n) is 8.54. The zero-order chi connectivity index (χ0) is 9.54. The van der Waals surface area contributed by atoms with Gasteiger partial charge in [-0.05, 0) is 31.1 Å². The fourth-order valence-corrected chi connectivity index (χ4v) is 2.90. The van der Waals surface area contributed by atoms with E-state index in [0.29, 0.717) is 6.04 Å². The molecule has 3 rings (SSSR count). The summed E-state index contributed by atoms with van der Waals surface area (Å²) in [5.74, 6) is 1.70. The van der Waals surface area contributed by atoms with Crippen LogP contribution in [0.15, 0.2) is 0 Å². The highest BCUT2D eigenvalue weighted by atomic mass is 16.2. The molecule has 2 saturated carbocycles. The van der Waals surface area contributed by atoms with Crippen LogP contribution in [0.5, 0.6) is 0 Å². The van der Waals surface area contributed by atoms with E-state index in [1.54, 1.807) is 0 Å². The fraction of sp³-hybridized carbons (Fsp3) is 0.909. The van der Waals surface area contributed by atoms with Crippen LogP contribution in [0.25, 0.3) is 0 Å². The predicted molar refractivity (Wildman–Crippen MR) is 54.0 cm³/mol. The molecule has 14 heavy (non-hydrogen) atoms. The molecule has 1 N–H and O–H groups in total. The van der Waals surface area contributed by atoms with Gasteiger partial charge >= 0.3 is 6.03 Å². The van der Waals surface area contributed by atoms with Crippen molar-refractivity contribution in [3.63, 3.8) is 0 Å². The third-order valence-corrected chi connectivity index (χ3v) is 3.95. The number of fused-ring (bicyclic) bond motifs is 1. The highest BCUT2D eigenvalue weighted by Gasteiger charge is 2.46. The fourth-order valence-electron chi connectivity index (χ4n) is 2.90. The van der Waals surface area contributed by atoms with Gasteiger partial charge in [-0.15, -0.1) is 0 Å². The molecule has 0 aromatic rings. The molecule has 2 aliphatic carbocycles. The molecule has 1 heterocycles. The van der Waals surface area contributed by atoms with Crippen LogP contribution in [0.4, 0.5) is 4.79 Å². The van der Waals surface area contributed by atoms with Crippen molar-refractivity contribution < 1.29 is 4.79 Å². The smallest absolute Gasteiger partial charge is 0.317 e. The van der Waals surface area contributed by atoms with E-state index in [1.165, 1.54) is 32.1 Å². The number of urea groups is 1. The first-order valence-electron chi connectivity index (χ1n) is 5.88. The molecular formula is C11H18N2O. The third kappa shape index (κ3) is 1.49. The maximum absolute atomic E-state index is 11.8. The summed E-state index contributed by atoms with van der Waals surface area (Å²) in [6, 6.07) is 0.670. The molecule has 3 heteroatoms. The Morgan fingerprint density at radius 1 is 1.14 bits per heavy atom. The summed E-state index contributed by atoms with van der Waals surface area (Å²) in [7, 11) is 0. The number of likely N-dealkylation sites (tertiary alicyclic amines) is 1. The zero-order valence-corrected chi connectivity index (χ0v) is 8.54. The van der Waals surface area contributed by atoms with Gasteiger partial charge in [0.25, 0.3) is 0 Å². The highest BCUT2D eigenvalue weighted by molar-refractivity contribution is 5.75. The van der Waals surface area contributed by atoms with E-state index in [0.717, 1.165) is 24.9 Å². The van der Waals surface area contributed by atoms with Crippen molar-refractivity contribution in [2.24, 2.45) is 11.8 Å². The Kier molecular flexibility index (Phi) is 1.92. The average molecular weight is 194 g/mol. The number of hydrogen-bond acceptors (Lipinski definition) is 1. The predicted octanol–water partition coefficient (Wildman–Crippen LogP) is 1.59. The minimum atomic E-state index is 0.198. The van der Waals surface area contributed by atoms with E-state index < -0.39 is 0 Å². The Morgan fingerprint density at radius 3 is 2.43 bits per heavy atom. The van der Waals surface area contributed by atoms with Crippen LogP contribution in [0.1, 0.15) is 32.1 Å². The monoisotopic (exact) mass is 194 g/mol. The first kappa shape index (κ1) is 8.57. The summed E-state index contributed by atoms with van der Waals surface area (Å²) >= 11 is 0. The lowest BCUT2D eigenvalue weighted by atomic mass is 10.2. The first-order chi connectivity index (χ1) is 6.83. The van der Waals surface area contributed by atoms with Crippen molar-refractivity contribution in [1.29, 1.82) is 0 Å². The Bertz CT molecular complexity index is 238. The van der Waals surface area contributed by atoms with Gasteiger partial charge in [-0.3, -0.25) is 0 Å². The van der Waals surface area contributed by atoms with Crippen LogP contribution in [-0.4, -0.2) is 30.1 Å². The molecule has 3 aliphatic rings. The van der Waals surface area contributed by atoms with Crippen molar-refractivity contribution in [2.45, 2.75) is 38.1 Å². The third-order valence-electron chi connectivity index (χ3n) is 3.95. The summed E-state index contributed by atoms with van der Waals surface area (Å²) in [5.41, 5.74) is 0. The molecular weight excluding hydrogens is 176 g/mol. The summed E-state index contributed by atoms with van der Waals surface area (Å²) in [6.45, 7) is 2.03. The molecule has 2 amide bonds. The number of hydrogen-bond donors (Lipinski definition) is 1. The van der Waals surface area contributed by atoms with Crippen LogP contribution in [0.2, 0.25) is 0 Å². The van der Waals surface area contributed by atoms with Crippen LogP contribution in [0, 0.1) is 11.8 Å². The molecule has 0 spiro atoms. The van der Waals surface area contributed by atoms with Gasteiger partial charge in [0.05, 0.1) is 0 Å². The van der Waals surface area contributed by atoms with E-state index in [-0.39, 0.29) is 6.03 Å². The van der Waals surface area contributed by atoms with E-state index >= 15 is 0 Å². The quantitative estimate of drug-likeness (QED) is 0.675. The van der Waals surface area contributed by atoms with Gasteiger partial charge in [-0.2, -0.15) is 0 Å². The van der Waals surface area contributed by atoms with Gasteiger partial charge in [0.15, 0.2) is 0 Å². The van der Waals surface area contributed by atoms with Crippen molar-refractivity contribution in [3.05, 3.63) is 0 Å². The Balaban J connectivity index is 1.50. The molecule has 0 aromatic heterocycles. The normalized spacial score (nSPS) is 35.9. The summed E-state index contributed by atoms with van der Waals surface area (Å²) in [6.07, 6.45) is 6.32. The molecule has 3 nitrogen and oxygen atoms in total. The molecule has 2 unspecified atom stereocenters. The van der Waals surface area contributed by atoms with E-state index in [9.17, 15) is 4.79 Å². The lowest BCUT2D eigenvalue weighted by Gasteiger charge is -2.21. The average Bonchev–Trinajstić information content (AvgIpc) is 2.68. The van der Waals surface area contributed by atoms with Crippen molar-refractivity contribution in [1.82, 2.24) is 10.2 Å². The van der Waals surface area contributed by atoms with Gasteiger partial charge < -0.3 is 10.2 Å². The molecule has 3 fully saturated rings. The van der Waals surface area contributed by atoms with Gasteiger partial charge in [0.2, 0.25) is 0 Å². The molecule has 0 aromatic carbocycles. The summed E-state index contributed by atoms with van der Waals surface area (Å²) < 4.78 is 0. The highest BCUT2D eigenvalue weighted by Crippen LogP contribution is 2.44. The molecule has 1 saturated heterocycles. The van der Waals surface area contributed by atoms with Gasteiger partial charge in [-0.25, -0.2) is 4.79 Å². The SMILES string of the molecule is O=C(NC1CCCC1)N1CC2CC2C1. The Morgan fingerprint density at radius 2 is 1.79 bits per heavy atom. The van der Waals surface area contributed by atoms with Gasteiger partial charge in [0, 0.05) is 19.1 Å². The molecule has 2 atom stereocenters. The van der Waals surface area contributed by atoms with Crippen LogP contribution in [-0.2, 0) is 0 Å². The van der Waals surface area contributed by atoms with Gasteiger partial charge in [-0.1, -0.05) is 12.8 Å². The minimum absolute atomic E-state index is 0.198. The van der Waals surface area contributed by atoms with Crippen molar-refractivity contribution >= 4 is 6.03 Å². The van der Waals surface area contributed by atoms with Crippen LogP contribution >= 0.6 is 0 Å². The molecule has 1 aliphatic heterocycles. The largest absolute Gasteiger partial charge is 0.335 e. The number of rotatable bonds is 1. The number of piperidine rings is 1. The lowest BCUT2D eigenvalue weighted by molar-refractivity contribution is 0.199. The number of nitrogens with one attached hydrogen (secondary N) is 1. The summed E-state index contributed by atoms with van der Waals surface area (Å²) in [4.78, 5) is 13.8.